The van der Waals surface area contributed by atoms with Gasteiger partial charge in [0, 0.05) is 19.6 Å². The zero-order valence-electron chi connectivity index (χ0n) is 9.21. The van der Waals surface area contributed by atoms with Gasteiger partial charge in [-0.15, -0.1) is 0 Å². The molecule has 0 saturated heterocycles. The molecule has 0 bridgehead atoms. The van der Waals surface area contributed by atoms with Gasteiger partial charge in [0.25, 0.3) is 0 Å². The average molecular weight is 220 g/mol. The predicted octanol–water partition coefficient (Wildman–Crippen LogP) is 2.00. The molecule has 0 aliphatic rings. The zero-order chi connectivity index (χ0) is 11.0. The molecule has 0 spiro atoms. The Bertz CT molecular complexity index is 166. The van der Waals surface area contributed by atoms with Crippen LogP contribution in [0.2, 0.25) is 12.6 Å². The lowest BCUT2D eigenvalue weighted by Gasteiger charge is -2.25. The largest absolute Gasteiger partial charge is 0.481 e. The third kappa shape index (κ3) is 6.12. The summed E-state index contributed by atoms with van der Waals surface area (Å²) in [7, 11) is -2.08. The van der Waals surface area contributed by atoms with Crippen LogP contribution >= 0.6 is 0 Å². The monoisotopic (exact) mass is 220 g/mol. The Morgan fingerprint density at radius 3 is 2.14 bits per heavy atom. The summed E-state index contributed by atoms with van der Waals surface area (Å²) in [6.45, 7) is 7.12. The van der Waals surface area contributed by atoms with Crippen molar-refractivity contribution in [3.05, 3.63) is 0 Å². The fraction of sp³-hybridized carbons (Fsp3) is 0.889. The molecule has 0 atom stereocenters. The van der Waals surface area contributed by atoms with E-state index in [1.165, 1.54) is 0 Å². The van der Waals surface area contributed by atoms with E-state index >= 15 is 0 Å². The van der Waals surface area contributed by atoms with Gasteiger partial charge < -0.3 is 14.0 Å². The first kappa shape index (κ1) is 13.6. The van der Waals surface area contributed by atoms with Crippen molar-refractivity contribution in [1.82, 2.24) is 0 Å². The van der Waals surface area contributed by atoms with E-state index in [0.717, 1.165) is 6.04 Å². The van der Waals surface area contributed by atoms with E-state index in [0.29, 0.717) is 19.6 Å². The van der Waals surface area contributed by atoms with Crippen molar-refractivity contribution >= 4 is 14.5 Å². The highest BCUT2D eigenvalue weighted by molar-refractivity contribution is 6.66. The maximum Gasteiger partial charge on any atom is 0.334 e. The second-order valence-electron chi connectivity index (χ2n) is 3.25. The molecule has 0 aromatic heterocycles. The summed E-state index contributed by atoms with van der Waals surface area (Å²) in [4.78, 5) is 10.3. The average Bonchev–Trinajstić information content (AvgIpc) is 2.03. The van der Waals surface area contributed by atoms with E-state index in [2.05, 4.69) is 0 Å². The SMILES string of the molecule is CCO[Si](C)(CCCC(=O)O)OCC. The molecule has 5 heteroatoms. The van der Waals surface area contributed by atoms with Gasteiger partial charge in [-0.1, -0.05) is 0 Å². The van der Waals surface area contributed by atoms with Gasteiger partial charge in [0.15, 0.2) is 0 Å². The number of hydrogen-bond donors (Lipinski definition) is 1. The van der Waals surface area contributed by atoms with Crippen molar-refractivity contribution in [2.75, 3.05) is 13.2 Å². The Morgan fingerprint density at radius 1 is 1.29 bits per heavy atom. The lowest BCUT2D eigenvalue weighted by Crippen LogP contribution is -2.38. The maximum atomic E-state index is 10.3. The molecule has 4 nitrogen and oxygen atoms in total. The van der Waals surface area contributed by atoms with Gasteiger partial charge in [-0.25, -0.2) is 0 Å². The summed E-state index contributed by atoms with van der Waals surface area (Å²) in [5, 5.41) is 8.50. The molecular formula is C9H20O4Si. The van der Waals surface area contributed by atoms with Gasteiger partial charge in [0.1, 0.15) is 0 Å². The molecule has 0 heterocycles. The van der Waals surface area contributed by atoms with Crippen molar-refractivity contribution in [3.8, 4) is 0 Å². The van der Waals surface area contributed by atoms with Gasteiger partial charge in [-0.05, 0) is 32.9 Å². The van der Waals surface area contributed by atoms with Crippen LogP contribution in [0.25, 0.3) is 0 Å². The topological polar surface area (TPSA) is 55.8 Å². The minimum atomic E-state index is -2.08. The molecular weight excluding hydrogens is 200 g/mol. The summed E-state index contributed by atoms with van der Waals surface area (Å²) < 4.78 is 11.2. The first-order valence-electron chi connectivity index (χ1n) is 5.03. The van der Waals surface area contributed by atoms with E-state index in [1.54, 1.807) is 0 Å². The molecule has 0 aromatic rings. The number of carbonyl (C=O) groups is 1. The zero-order valence-corrected chi connectivity index (χ0v) is 10.2. The van der Waals surface area contributed by atoms with E-state index < -0.39 is 14.5 Å². The molecule has 0 aromatic carbocycles. The van der Waals surface area contributed by atoms with Gasteiger partial charge in [0.2, 0.25) is 0 Å². The van der Waals surface area contributed by atoms with Crippen LogP contribution in [0.5, 0.6) is 0 Å². The van der Waals surface area contributed by atoms with Crippen molar-refractivity contribution in [1.29, 1.82) is 0 Å². The lowest BCUT2D eigenvalue weighted by atomic mass is 10.3. The van der Waals surface area contributed by atoms with Crippen molar-refractivity contribution in [3.63, 3.8) is 0 Å². The summed E-state index contributed by atoms with van der Waals surface area (Å²) in [5.41, 5.74) is 0. The van der Waals surface area contributed by atoms with Crippen molar-refractivity contribution in [2.45, 2.75) is 39.3 Å². The first-order chi connectivity index (χ1) is 6.54. The van der Waals surface area contributed by atoms with Crippen LogP contribution in [0.3, 0.4) is 0 Å². The predicted molar refractivity (Wildman–Crippen MR) is 56.5 cm³/mol. The van der Waals surface area contributed by atoms with Crippen LogP contribution in [0, 0.1) is 0 Å². The van der Waals surface area contributed by atoms with Crippen LogP contribution in [0.4, 0.5) is 0 Å². The summed E-state index contributed by atoms with van der Waals surface area (Å²) in [6, 6.07) is 0.751. The van der Waals surface area contributed by atoms with E-state index in [1.807, 2.05) is 20.4 Å². The third-order valence-electron chi connectivity index (χ3n) is 1.92. The second kappa shape index (κ2) is 6.97. The summed E-state index contributed by atoms with van der Waals surface area (Å²) in [6.07, 6.45) is 0.834. The fourth-order valence-corrected chi connectivity index (χ4v) is 3.77. The Balaban J connectivity index is 3.88. The molecule has 14 heavy (non-hydrogen) atoms. The third-order valence-corrected chi connectivity index (χ3v) is 4.98. The lowest BCUT2D eigenvalue weighted by molar-refractivity contribution is -0.137. The van der Waals surface area contributed by atoms with Crippen molar-refractivity contribution in [2.24, 2.45) is 0 Å². The highest BCUT2D eigenvalue weighted by Gasteiger charge is 2.30. The Labute approximate surface area is 86.5 Å². The maximum absolute atomic E-state index is 10.3. The Morgan fingerprint density at radius 2 is 1.79 bits per heavy atom. The quantitative estimate of drug-likeness (QED) is 0.636. The molecule has 0 fully saturated rings. The highest BCUT2D eigenvalue weighted by Crippen LogP contribution is 2.16. The van der Waals surface area contributed by atoms with Gasteiger partial charge in [-0.2, -0.15) is 0 Å². The van der Waals surface area contributed by atoms with Crippen molar-refractivity contribution < 1.29 is 18.8 Å². The first-order valence-corrected chi connectivity index (χ1v) is 7.56. The number of hydrogen-bond acceptors (Lipinski definition) is 3. The normalized spacial score (nSPS) is 11.6. The van der Waals surface area contributed by atoms with Crippen LogP contribution in [-0.4, -0.2) is 32.9 Å². The smallest absolute Gasteiger partial charge is 0.334 e. The number of rotatable bonds is 8. The standard InChI is InChI=1S/C9H20O4Si/c1-4-12-14(3,13-5-2)8-6-7-9(10)11/h4-8H2,1-3H3,(H,10,11). The van der Waals surface area contributed by atoms with E-state index in [9.17, 15) is 4.79 Å². The molecule has 1 N–H and O–H groups in total. The molecule has 0 aliphatic heterocycles. The highest BCUT2D eigenvalue weighted by atomic mass is 28.4. The Hall–Kier alpha value is -0.393. The van der Waals surface area contributed by atoms with Crippen LogP contribution < -0.4 is 0 Å². The molecule has 0 saturated carbocycles. The molecule has 0 radical (unpaired) electrons. The van der Waals surface area contributed by atoms with Crippen LogP contribution in [0.15, 0.2) is 0 Å². The summed E-state index contributed by atoms with van der Waals surface area (Å²) >= 11 is 0. The van der Waals surface area contributed by atoms with Gasteiger partial charge in [-0.3, -0.25) is 4.79 Å². The van der Waals surface area contributed by atoms with Gasteiger partial charge >= 0.3 is 14.5 Å². The number of carboxylic acids is 1. The number of aliphatic carboxylic acids is 1. The fourth-order valence-electron chi connectivity index (χ4n) is 1.36. The summed E-state index contributed by atoms with van der Waals surface area (Å²) in [5.74, 6) is -0.755. The molecule has 84 valence electrons. The van der Waals surface area contributed by atoms with Crippen LogP contribution in [-0.2, 0) is 13.6 Å². The molecule has 0 aliphatic carbocycles. The number of carboxylic acid groups (broad SMARTS) is 1. The van der Waals surface area contributed by atoms with Gasteiger partial charge in [0.05, 0.1) is 0 Å². The molecule has 0 rings (SSSR count). The molecule has 0 unspecified atom stereocenters. The van der Waals surface area contributed by atoms with E-state index in [4.69, 9.17) is 14.0 Å². The Kier molecular flexibility index (Phi) is 6.78. The minimum absolute atomic E-state index is 0.197. The molecule has 0 amide bonds. The minimum Gasteiger partial charge on any atom is -0.481 e. The van der Waals surface area contributed by atoms with E-state index in [-0.39, 0.29) is 6.42 Å². The second-order valence-corrected chi connectivity index (χ2v) is 6.59. The van der Waals surface area contributed by atoms with Crippen LogP contribution in [0.1, 0.15) is 26.7 Å².